The summed E-state index contributed by atoms with van der Waals surface area (Å²) in [5.41, 5.74) is 12.6. The quantitative estimate of drug-likeness (QED) is 0.169. The first-order valence-corrected chi connectivity index (χ1v) is 16.5. The second-order valence-electron chi connectivity index (χ2n) is 9.71. The van der Waals surface area contributed by atoms with Crippen molar-refractivity contribution in [2.24, 2.45) is 0 Å². The summed E-state index contributed by atoms with van der Waals surface area (Å²) in [6.07, 6.45) is -6.34. The van der Waals surface area contributed by atoms with Gasteiger partial charge in [-0.3, -0.25) is 22.7 Å². The number of alkyl halides is 1. The maximum Gasteiger partial charge on any atom is 0.386 e. The van der Waals surface area contributed by atoms with Crippen LogP contribution >= 0.6 is 27.3 Å². The molecule has 3 fully saturated rings. The van der Waals surface area contributed by atoms with Gasteiger partial charge in [-0.2, -0.15) is 0 Å². The first-order chi connectivity index (χ1) is 20.6. The van der Waals surface area contributed by atoms with Crippen molar-refractivity contribution >= 4 is 61.3 Å². The number of anilines is 2. The van der Waals surface area contributed by atoms with Gasteiger partial charge >= 0.3 is 15.1 Å². The molecule has 5 N–H and O–H groups in total. The highest BCUT2D eigenvalue weighted by Crippen LogP contribution is 2.58. The van der Waals surface area contributed by atoms with Gasteiger partial charge in [0.25, 0.3) is 0 Å². The number of aliphatic hydroxyl groups excluding tert-OH is 1. The van der Waals surface area contributed by atoms with Crippen LogP contribution < -0.4 is 11.5 Å². The van der Waals surface area contributed by atoms with Gasteiger partial charge in [-0.05, 0) is 0 Å². The van der Waals surface area contributed by atoms with Crippen molar-refractivity contribution in [3.63, 3.8) is 0 Å². The number of nitrogens with two attached hydrogens (primary N) is 2. The Morgan fingerprint density at radius 1 is 0.930 bits per heavy atom. The first kappa shape index (κ1) is 28.9. The second-order valence-corrected chi connectivity index (χ2v) is 13.6. The number of nitrogens with zero attached hydrogens (tertiary/aromatic N) is 8. The molecule has 1 unspecified atom stereocenters. The fraction of sp³-hybridized carbons (Fsp3) is 0.500. The highest BCUT2D eigenvalue weighted by molar-refractivity contribution is 8.44. The van der Waals surface area contributed by atoms with E-state index in [0.717, 1.165) is 0 Å². The van der Waals surface area contributed by atoms with E-state index in [1.165, 1.54) is 34.4 Å². The summed E-state index contributed by atoms with van der Waals surface area (Å²) in [5, 5.41) is 11.1. The Labute approximate surface area is 245 Å². The Kier molecular flexibility index (Phi) is 7.36. The largest absolute Gasteiger partial charge is 0.386 e. The van der Waals surface area contributed by atoms with E-state index in [1.807, 2.05) is 0 Å². The van der Waals surface area contributed by atoms with Crippen LogP contribution in [0.1, 0.15) is 12.5 Å². The summed E-state index contributed by atoms with van der Waals surface area (Å²) in [4.78, 5) is 24.3. The zero-order valence-electron chi connectivity index (χ0n) is 21.6. The number of halogens is 1. The lowest BCUT2D eigenvalue weighted by atomic mass is 10.1. The van der Waals surface area contributed by atoms with Gasteiger partial charge in [0.1, 0.15) is 54.2 Å². The summed E-state index contributed by atoms with van der Waals surface area (Å²) in [6, 6.07) is 0. The number of aromatic nitrogens is 8. The van der Waals surface area contributed by atoms with Crippen LogP contribution in [0.2, 0.25) is 0 Å². The molecule has 0 aromatic carbocycles. The van der Waals surface area contributed by atoms with Crippen LogP contribution in [0, 0.1) is 0 Å². The molecule has 7 heterocycles. The van der Waals surface area contributed by atoms with Crippen molar-refractivity contribution in [2.45, 2.75) is 49.1 Å². The standard InChI is InChI=1S/C20H23FN10O9P2S/c21-9-7-1-35-41(33)39-13-8(38-19(12(13)32)30-5-28-10-15(22)24-3-26-17(10)30)2-36-42(34,43)40-14(9)20(37-7)31-6-29-11-16(23)25-4-27-18(11)31/h3-9,12-14,19-20,32,41H,1-2H2,(H,34,43)(H2,22,24,26)(H2,23,25,27)/t7-,8-,9-,12-,13-,14-,19-,20-,42-/m1/s1. The zero-order chi connectivity index (χ0) is 30.0. The average Bonchev–Trinajstić information content (AvgIpc) is 3.73. The molecule has 4 aromatic heterocycles. The second kappa shape index (κ2) is 11.0. The molecule has 23 heteroatoms. The number of aliphatic hydroxyl groups is 1. The monoisotopic (exact) mass is 660 g/mol. The van der Waals surface area contributed by atoms with Gasteiger partial charge in [-0.25, -0.2) is 38.9 Å². The van der Waals surface area contributed by atoms with Gasteiger partial charge < -0.3 is 35.1 Å². The van der Waals surface area contributed by atoms with Crippen LogP contribution in [-0.2, 0) is 36.7 Å². The Morgan fingerprint density at radius 2 is 1.53 bits per heavy atom. The minimum atomic E-state index is -4.36. The van der Waals surface area contributed by atoms with Crippen molar-refractivity contribution in [1.82, 2.24) is 39.0 Å². The van der Waals surface area contributed by atoms with Crippen LogP contribution in [0.3, 0.4) is 0 Å². The Balaban J connectivity index is 1.18. The lowest BCUT2D eigenvalue weighted by molar-refractivity contribution is -0.0569. The predicted octanol–water partition coefficient (Wildman–Crippen LogP) is 0.569. The minimum absolute atomic E-state index is 0.0724. The summed E-state index contributed by atoms with van der Waals surface area (Å²) in [6.45, 7) is -5.46. The Bertz CT molecular complexity index is 1770. The van der Waals surface area contributed by atoms with Gasteiger partial charge in [-0.15, -0.1) is 0 Å². The topological polar surface area (TPSA) is 249 Å². The van der Waals surface area contributed by atoms with Gasteiger partial charge in [0.15, 0.2) is 41.6 Å². The van der Waals surface area contributed by atoms with E-state index in [4.69, 9.17) is 39.0 Å². The molecule has 0 spiro atoms. The van der Waals surface area contributed by atoms with Crippen molar-refractivity contribution in [1.29, 1.82) is 0 Å². The molecule has 4 aromatic rings. The summed E-state index contributed by atoms with van der Waals surface area (Å²) < 4.78 is 78.5. The normalized spacial score (nSPS) is 37.1. The van der Waals surface area contributed by atoms with Crippen LogP contribution in [0.5, 0.6) is 0 Å². The van der Waals surface area contributed by atoms with Crippen LogP contribution in [0.25, 0.3) is 22.3 Å². The molecule has 3 aliphatic rings. The lowest BCUT2D eigenvalue weighted by Gasteiger charge is -2.25. The number of nitrogen functional groups attached to an aromatic ring is 2. The maximum atomic E-state index is 15.7. The van der Waals surface area contributed by atoms with Crippen LogP contribution in [0.15, 0.2) is 25.3 Å². The molecule has 2 bridgehead atoms. The van der Waals surface area contributed by atoms with Gasteiger partial charge in [-0.1, -0.05) is 12.2 Å². The molecule has 0 radical (unpaired) electrons. The fourth-order valence-corrected chi connectivity index (χ4v) is 7.49. The smallest absolute Gasteiger partial charge is 0.386 e. The summed E-state index contributed by atoms with van der Waals surface area (Å²) in [7, 11) is -3.39. The summed E-state index contributed by atoms with van der Waals surface area (Å²) in [5.74, 6) is 0.175. The Hall–Kier alpha value is -2.84. The van der Waals surface area contributed by atoms with Crippen molar-refractivity contribution in [3.8, 4) is 0 Å². The van der Waals surface area contributed by atoms with Crippen LogP contribution in [-0.4, -0.2) is 94.0 Å². The third-order valence-electron chi connectivity index (χ3n) is 7.15. The molecule has 3 saturated heterocycles. The number of hydrogen-bond donors (Lipinski definition) is 4. The van der Waals surface area contributed by atoms with Crippen molar-refractivity contribution in [2.75, 3.05) is 24.7 Å². The van der Waals surface area contributed by atoms with Crippen molar-refractivity contribution < 1.29 is 46.2 Å². The van der Waals surface area contributed by atoms with Crippen LogP contribution in [0.4, 0.5) is 16.0 Å². The number of thiol groups is 1. The molecule has 3 aliphatic heterocycles. The number of imidazole rings is 2. The minimum Gasteiger partial charge on any atom is -0.386 e. The van der Waals surface area contributed by atoms with E-state index >= 15 is 4.39 Å². The third-order valence-corrected chi connectivity index (χ3v) is 9.63. The van der Waals surface area contributed by atoms with E-state index in [-0.39, 0.29) is 34.0 Å². The van der Waals surface area contributed by atoms with Gasteiger partial charge in [0, 0.05) is 0 Å². The molecule has 7 rings (SSSR count). The predicted molar refractivity (Wildman–Crippen MR) is 145 cm³/mol. The molecule has 0 saturated carbocycles. The molecule has 0 amide bonds. The van der Waals surface area contributed by atoms with E-state index < -0.39 is 77.4 Å². The van der Waals surface area contributed by atoms with E-state index in [2.05, 4.69) is 42.2 Å². The summed E-state index contributed by atoms with van der Waals surface area (Å²) >= 11 is 4.05. The first-order valence-electron chi connectivity index (χ1n) is 12.6. The lowest BCUT2D eigenvalue weighted by Crippen LogP contribution is -2.35. The third kappa shape index (κ3) is 5.08. The zero-order valence-corrected chi connectivity index (χ0v) is 24.3. The average molecular weight is 660 g/mol. The Morgan fingerprint density at radius 3 is 2.19 bits per heavy atom. The highest BCUT2D eigenvalue weighted by atomic mass is 32.7. The van der Waals surface area contributed by atoms with E-state index in [1.54, 1.807) is 0 Å². The molecule has 230 valence electrons. The number of rotatable bonds is 2. The molecule has 10 atom stereocenters. The van der Waals surface area contributed by atoms with E-state index in [0.29, 0.717) is 0 Å². The molecule has 43 heavy (non-hydrogen) atoms. The molecule has 19 nitrogen and oxygen atoms in total. The number of fused-ring (bicyclic) bond motifs is 5. The van der Waals surface area contributed by atoms with Crippen molar-refractivity contribution in [3.05, 3.63) is 25.3 Å². The molecule has 0 aliphatic carbocycles. The van der Waals surface area contributed by atoms with Gasteiger partial charge in [0.2, 0.25) is 0 Å². The SMILES string of the molecule is Nc1ncnc2c1ncn2[C@@H]1O[C@@H]2CO[P@@](=O)(S)O[C@@H]3[C@H](F)[C@@H](CO[PH](=O)O[C@H]2[C@H]1O)O[C@H]3n1cnc2c(N)ncnc21. The fourth-order valence-electron chi connectivity index (χ4n) is 5.15. The molecular weight excluding hydrogens is 637 g/mol. The highest BCUT2D eigenvalue weighted by Gasteiger charge is 2.52. The molecular formula is C20H23FN10O9P2S. The number of ether oxygens (including phenoxy) is 2. The van der Waals surface area contributed by atoms with Gasteiger partial charge in [0.05, 0.1) is 25.9 Å². The maximum absolute atomic E-state index is 15.7. The number of hydrogen-bond acceptors (Lipinski definition) is 17. The van der Waals surface area contributed by atoms with E-state index in [9.17, 15) is 14.2 Å².